The Morgan fingerprint density at radius 3 is 2.18 bits per heavy atom. The molecule has 28 heavy (non-hydrogen) atoms. The third kappa shape index (κ3) is 4.06. The number of amides is 1. The third-order valence-corrected chi connectivity index (χ3v) is 4.42. The van der Waals surface area contributed by atoms with Crippen LogP contribution in [0.1, 0.15) is 18.4 Å². The summed E-state index contributed by atoms with van der Waals surface area (Å²) in [6.07, 6.45) is -0.401. The zero-order valence-electron chi connectivity index (χ0n) is 15.5. The van der Waals surface area contributed by atoms with Crippen molar-refractivity contribution in [3.8, 4) is 11.5 Å². The lowest BCUT2D eigenvalue weighted by molar-refractivity contribution is -0.165. The molecule has 8 nitrogen and oxygen atoms in total. The van der Waals surface area contributed by atoms with E-state index in [1.54, 1.807) is 62.8 Å². The molecular weight excluding hydrogens is 364 g/mol. The van der Waals surface area contributed by atoms with E-state index in [-0.39, 0.29) is 12.8 Å². The molecule has 1 unspecified atom stereocenters. The van der Waals surface area contributed by atoms with Crippen molar-refractivity contribution in [1.82, 2.24) is 0 Å². The molecule has 2 aromatic rings. The number of carbonyl (C=O) groups is 2. The quantitative estimate of drug-likeness (QED) is 0.760. The van der Waals surface area contributed by atoms with E-state index in [2.05, 4.69) is 10.5 Å². The number of benzene rings is 2. The molecule has 2 N–H and O–H groups in total. The Morgan fingerprint density at radius 2 is 1.64 bits per heavy atom. The number of ether oxygens (including phenoxy) is 2. The van der Waals surface area contributed by atoms with E-state index >= 15 is 0 Å². The van der Waals surface area contributed by atoms with Crippen LogP contribution in [0.15, 0.2) is 53.7 Å². The summed E-state index contributed by atoms with van der Waals surface area (Å²) in [5.41, 5.74) is -0.0475. The molecule has 1 heterocycles. The van der Waals surface area contributed by atoms with Gasteiger partial charge in [-0.1, -0.05) is 5.16 Å². The van der Waals surface area contributed by atoms with E-state index in [0.29, 0.717) is 28.5 Å². The summed E-state index contributed by atoms with van der Waals surface area (Å²) in [4.78, 5) is 29.5. The predicted molar refractivity (Wildman–Crippen MR) is 102 cm³/mol. The Balaban J connectivity index is 1.69. The lowest BCUT2D eigenvalue weighted by atomic mass is 9.90. The van der Waals surface area contributed by atoms with Crippen LogP contribution in [0.2, 0.25) is 0 Å². The standard InChI is InChI=1S/C20H20N2O6/c1-26-15-7-3-13(4-8-15)17-11-20(19(24)25,28-22-17)12-18(23)21-14-5-9-16(27-2)10-6-14/h3-10H,11-12H2,1-2H3,(H,21,23)(H,24,25). The summed E-state index contributed by atoms with van der Waals surface area (Å²) in [5, 5.41) is 16.3. The predicted octanol–water partition coefficient (Wildman–Crippen LogP) is 2.68. The van der Waals surface area contributed by atoms with Crippen molar-refractivity contribution in [3.05, 3.63) is 54.1 Å². The topological polar surface area (TPSA) is 106 Å². The number of hydrogen-bond acceptors (Lipinski definition) is 6. The van der Waals surface area contributed by atoms with Crippen molar-refractivity contribution < 1.29 is 29.0 Å². The van der Waals surface area contributed by atoms with Crippen LogP contribution in [0.25, 0.3) is 0 Å². The monoisotopic (exact) mass is 384 g/mol. The van der Waals surface area contributed by atoms with E-state index in [9.17, 15) is 14.7 Å². The summed E-state index contributed by atoms with van der Waals surface area (Å²) in [6.45, 7) is 0. The van der Waals surface area contributed by atoms with Gasteiger partial charge in [0, 0.05) is 12.1 Å². The first-order valence-electron chi connectivity index (χ1n) is 8.52. The van der Waals surface area contributed by atoms with Gasteiger partial charge in [0.1, 0.15) is 11.5 Å². The molecule has 0 aliphatic carbocycles. The summed E-state index contributed by atoms with van der Waals surface area (Å²) in [5.74, 6) is -0.410. The highest BCUT2D eigenvalue weighted by molar-refractivity contribution is 6.06. The zero-order chi connectivity index (χ0) is 20.1. The molecule has 0 saturated carbocycles. The maximum absolute atomic E-state index is 12.4. The number of carboxylic acid groups (broad SMARTS) is 1. The molecule has 0 bridgehead atoms. The first-order valence-corrected chi connectivity index (χ1v) is 8.52. The van der Waals surface area contributed by atoms with Gasteiger partial charge >= 0.3 is 5.97 Å². The largest absolute Gasteiger partial charge is 0.497 e. The Morgan fingerprint density at radius 1 is 1.07 bits per heavy atom. The molecule has 1 aliphatic rings. The van der Waals surface area contributed by atoms with Gasteiger partial charge in [-0.2, -0.15) is 0 Å². The van der Waals surface area contributed by atoms with Crippen molar-refractivity contribution in [2.24, 2.45) is 5.16 Å². The van der Waals surface area contributed by atoms with Crippen molar-refractivity contribution in [2.45, 2.75) is 18.4 Å². The second-order valence-electron chi connectivity index (χ2n) is 6.29. The molecule has 3 rings (SSSR count). The van der Waals surface area contributed by atoms with Crippen LogP contribution in [0.5, 0.6) is 11.5 Å². The van der Waals surface area contributed by atoms with Crippen molar-refractivity contribution in [3.63, 3.8) is 0 Å². The fourth-order valence-corrected chi connectivity index (χ4v) is 2.84. The molecular formula is C20H20N2O6. The number of nitrogens with one attached hydrogen (secondary N) is 1. The normalized spacial score (nSPS) is 18.0. The van der Waals surface area contributed by atoms with Crippen LogP contribution in [-0.2, 0) is 14.4 Å². The average Bonchev–Trinajstić information content (AvgIpc) is 3.14. The van der Waals surface area contributed by atoms with Gasteiger partial charge in [0.2, 0.25) is 11.5 Å². The molecule has 1 aliphatic heterocycles. The molecule has 0 spiro atoms. The Bertz CT molecular complexity index is 892. The van der Waals surface area contributed by atoms with E-state index in [1.807, 2.05) is 0 Å². The number of hydrogen-bond donors (Lipinski definition) is 2. The summed E-state index contributed by atoms with van der Waals surface area (Å²) in [7, 11) is 3.10. The Labute approximate surface area is 161 Å². The highest BCUT2D eigenvalue weighted by atomic mass is 16.7. The number of carboxylic acids is 1. The first kappa shape index (κ1) is 19.2. The molecule has 0 fully saturated rings. The minimum absolute atomic E-state index is 0.0231. The van der Waals surface area contributed by atoms with E-state index in [1.165, 1.54) is 0 Å². The Hall–Kier alpha value is -3.55. The summed E-state index contributed by atoms with van der Waals surface area (Å²) < 4.78 is 10.2. The number of methoxy groups -OCH3 is 2. The van der Waals surface area contributed by atoms with E-state index in [0.717, 1.165) is 0 Å². The van der Waals surface area contributed by atoms with Gasteiger partial charge in [-0.25, -0.2) is 4.79 Å². The second kappa shape index (κ2) is 7.99. The van der Waals surface area contributed by atoms with Gasteiger partial charge in [-0.3, -0.25) is 4.79 Å². The summed E-state index contributed by atoms with van der Waals surface area (Å²) >= 11 is 0. The van der Waals surface area contributed by atoms with Crippen LogP contribution in [0.4, 0.5) is 5.69 Å². The number of carbonyl (C=O) groups excluding carboxylic acids is 1. The highest BCUT2D eigenvalue weighted by Gasteiger charge is 2.49. The fraction of sp³-hybridized carbons (Fsp3) is 0.250. The van der Waals surface area contributed by atoms with E-state index in [4.69, 9.17) is 14.3 Å². The second-order valence-corrected chi connectivity index (χ2v) is 6.29. The molecule has 146 valence electrons. The molecule has 1 amide bonds. The fourth-order valence-electron chi connectivity index (χ4n) is 2.84. The van der Waals surface area contributed by atoms with Gasteiger partial charge in [0.15, 0.2) is 0 Å². The maximum Gasteiger partial charge on any atom is 0.351 e. The van der Waals surface area contributed by atoms with Crippen molar-refractivity contribution >= 4 is 23.3 Å². The number of aliphatic carboxylic acids is 1. The van der Waals surface area contributed by atoms with Gasteiger partial charge in [-0.05, 0) is 54.1 Å². The van der Waals surface area contributed by atoms with Crippen molar-refractivity contribution in [2.75, 3.05) is 19.5 Å². The van der Waals surface area contributed by atoms with Crippen LogP contribution in [-0.4, -0.2) is 42.5 Å². The molecule has 8 heteroatoms. The minimum atomic E-state index is -1.74. The van der Waals surface area contributed by atoms with Crippen LogP contribution < -0.4 is 14.8 Å². The van der Waals surface area contributed by atoms with Crippen LogP contribution in [0, 0.1) is 0 Å². The zero-order valence-corrected chi connectivity index (χ0v) is 15.5. The number of nitrogens with zero attached hydrogens (tertiary/aromatic N) is 1. The number of anilines is 1. The number of rotatable bonds is 7. The summed E-state index contributed by atoms with van der Waals surface area (Å²) in [6, 6.07) is 13.7. The molecule has 0 radical (unpaired) electrons. The maximum atomic E-state index is 12.4. The smallest absolute Gasteiger partial charge is 0.351 e. The van der Waals surface area contributed by atoms with Gasteiger partial charge in [-0.15, -0.1) is 0 Å². The molecule has 1 atom stereocenters. The molecule has 2 aromatic carbocycles. The molecule has 0 aromatic heterocycles. The van der Waals surface area contributed by atoms with Gasteiger partial charge in [0.25, 0.3) is 0 Å². The van der Waals surface area contributed by atoms with Crippen molar-refractivity contribution in [1.29, 1.82) is 0 Å². The minimum Gasteiger partial charge on any atom is -0.497 e. The molecule has 0 saturated heterocycles. The average molecular weight is 384 g/mol. The van der Waals surface area contributed by atoms with Crippen LogP contribution >= 0.6 is 0 Å². The van der Waals surface area contributed by atoms with Crippen LogP contribution in [0.3, 0.4) is 0 Å². The van der Waals surface area contributed by atoms with Gasteiger partial charge in [0.05, 0.1) is 26.4 Å². The third-order valence-electron chi connectivity index (χ3n) is 4.42. The Kier molecular flexibility index (Phi) is 5.49. The van der Waals surface area contributed by atoms with E-state index < -0.39 is 17.5 Å². The lowest BCUT2D eigenvalue weighted by Crippen LogP contribution is -2.42. The lowest BCUT2D eigenvalue weighted by Gasteiger charge is -2.21. The van der Waals surface area contributed by atoms with Gasteiger partial charge < -0.3 is 24.7 Å². The SMILES string of the molecule is COc1ccc(NC(=O)CC2(C(=O)O)CC(c3ccc(OC)cc3)=NO2)cc1. The first-order chi connectivity index (χ1) is 13.5. The number of oxime groups is 1. The highest BCUT2D eigenvalue weighted by Crippen LogP contribution is 2.31.